The number of carbonyl (C=O) groups excluding carboxylic acids is 1. The first kappa shape index (κ1) is 29.8. The third-order valence-corrected chi connectivity index (χ3v) is 7.47. The Bertz CT molecular complexity index is 1210. The zero-order valence-electron chi connectivity index (χ0n) is 20.7. The number of unbranched alkanes of at least 4 members (excludes halogenated alkanes) is 4. The number of carbonyl (C=O) groups is 1. The van der Waals surface area contributed by atoms with Gasteiger partial charge in [-0.1, -0.05) is 44.4 Å². The molecule has 2 aromatic carbocycles. The second kappa shape index (κ2) is 14.4. The van der Waals surface area contributed by atoms with Crippen molar-refractivity contribution in [1.29, 1.82) is 0 Å². The molecule has 36 heavy (non-hydrogen) atoms. The summed E-state index contributed by atoms with van der Waals surface area (Å²) in [5, 5.41) is 6.57. The van der Waals surface area contributed by atoms with Gasteiger partial charge in [-0.2, -0.15) is 8.42 Å². The van der Waals surface area contributed by atoms with E-state index < -0.39 is 10.1 Å². The second-order valence-electron chi connectivity index (χ2n) is 8.84. The molecule has 0 unspecified atom stereocenters. The Morgan fingerprint density at radius 2 is 1.75 bits per heavy atom. The molecule has 0 saturated carbocycles. The number of amides is 1. The quantitative estimate of drug-likeness (QED) is 0.170. The Morgan fingerprint density at radius 1 is 1.06 bits per heavy atom. The smallest absolute Gasteiger partial charge is 0.339 e. The number of nitrogens with zero attached hydrogens (tertiary/aromatic N) is 1. The molecule has 0 fully saturated rings. The number of fused-ring (bicyclic) bond motifs is 1. The summed E-state index contributed by atoms with van der Waals surface area (Å²) < 4.78 is 31.5. The topological polar surface area (TPSA) is 123 Å². The monoisotopic (exact) mass is 554 g/mol. The Balaban J connectivity index is 0.00000456. The van der Waals surface area contributed by atoms with E-state index in [1.807, 2.05) is 0 Å². The molecule has 0 spiro atoms. The summed E-state index contributed by atoms with van der Waals surface area (Å²) in [7, 11) is -3.98. The lowest BCUT2D eigenvalue weighted by atomic mass is 10.1. The van der Waals surface area contributed by atoms with Gasteiger partial charge in [0.1, 0.15) is 10.6 Å². The van der Waals surface area contributed by atoms with Crippen LogP contribution in [0.1, 0.15) is 52.4 Å². The van der Waals surface area contributed by atoms with E-state index in [1.165, 1.54) is 23.5 Å². The van der Waals surface area contributed by atoms with Crippen molar-refractivity contribution in [2.24, 2.45) is 11.7 Å². The number of hydrogen-bond donors (Lipinski definition) is 3. The van der Waals surface area contributed by atoms with Gasteiger partial charge in [0.2, 0.25) is 5.91 Å². The summed E-state index contributed by atoms with van der Waals surface area (Å²) in [6.07, 6.45) is 5.46. The molecule has 1 aromatic heterocycles. The highest BCUT2D eigenvalue weighted by Crippen LogP contribution is 2.31. The number of anilines is 2. The lowest BCUT2D eigenvalue weighted by Gasteiger charge is -2.10. The molecule has 0 atom stereocenters. The molecule has 8 nitrogen and oxygen atoms in total. The molecule has 0 aliphatic carbocycles. The summed E-state index contributed by atoms with van der Waals surface area (Å²) in [5.74, 6) is 0.598. The number of nitrogens with one attached hydrogen (secondary N) is 2. The number of benzene rings is 2. The van der Waals surface area contributed by atoms with Crippen LogP contribution in [0.25, 0.3) is 10.2 Å². The van der Waals surface area contributed by atoms with Gasteiger partial charge in [0.15, 0.2) is 5.13 Å². The van der Waals surface area contributed by atoms with Gasteiger partial charge in [-0.25, -0.2) is 4.98 Å². The molecule has 1 amide bonds. The van der Waals surface area contributed by atoms with Gasteiger partial charge in [0.05, 0.1) is 10.2 Å². The predicted molar refractivity (Wildman–Crippen MR) is 150 cm³/mol. The summed E-state index contributed by atoms with van der Waals surface area (Å²) in [5.41, 5.74) is 7.00. The van der Waals surface area contributed by atoms with Crippen molar-refractivity contribution in [3.05, 3.63) is 42.5 Å². The fourth-order valence-electron chi connectivity index (χ4n) is 3.39. The molecule has 1 heterocycles. The normalized spacial score (nSPS) is 11.3. The van der Waals surface area contributed by atoms with Crippen molar-refractivity contribution in [2.75, 3.05) is 23.7 Å². The van der Waals surface area contributed by atoms with Gasteiger partial charge in [-0.3, -0.25) is 4.79 Å². The zero-order chi connectivity index (χ0) is 25.3. The predicted octanol–water partition coefficient (Wildman–Crippen LogP) is 5.79. The standard InChI is InChI=1S/C25H34N4O4S2.ClH/c1-18(2)17-27-19-9-12-21(13-10-19)35(31,32)33-20-11-14-22-23(16-20)34-25(28-22)29-24(30)8-6-4-3-5-7-15-26;/h9-14,16,18,27H,3-8,15,17,26H2,1-2H3,(H,28,29,30);1H. The summed E-state index contributed by atoms with van der Waals surface area (Å²) in [6.45, 7) is 5.71. The molecule has 0 bridgehead atoms. The Hall–Kier alpha value is -2.40. The van der Waals surface area contributed by atoms with E-state index in [-0.39, 0.29) is 29.0 Å². The third-order valence-electron chi connectivity index (χ3n) is 5.28. The lowest BCUT2D eigenvalue weighted by Crippen LogP contribution is -2.11. The first-order valence-corrected chi connectivity index (χ1v) is 14.2. The van der Waals surface area contributed by atoms with Crippen molar-refractivity contribution >= 4 is 60.8 Å². The van der Waals surface area contributed by atoms with Gasteiger partial charge in [0.25, 0.3) is 0 Å². The Morgan fingerprint density at radius 3 is 2.44 bits per heavy atom. The van der Waals surface area contributed by atoms with Crippen LogP contribution in [0.2, 0.25) is 0 Å². The van der Waals surface area contributed by atoms with Crippen molar-refractivity contribution in [1.82, 2.24) is 4.98 Å². The molecular weight excluding hydrogens is 520 g/mol. The molecule has 3 rings (SSSR count). The molecule has 11 heteroatoms. The largest absolute Gasteiger partial charge is 0.385 e. The number of halogens is 1. The first-order chi connectivity index (χ1) is 16.8. The minimum atomic E-state index is -3.98. The summed E-state index contributed by atoms with van der Waals surface area (Å²) >= 11 is 1.28. The first-order valence-electron chi connectivity index (χ1n) is 12.0. The van der Waals surface area contributed by atoms with Gasteiger partial charge in [0, 0.05) is 24.7 Å². The maximum atomic E-state index is 12.7. The number of thiazole rings is 1. The molecule has 0 saturated heterocycles. The Kier molecular flexibility index (Phi) is 11.9. The highest BCUT2D eigenvalue weighted by atomic mass is 35.5. The number of rotatable bonds is 14. The molecule has 4 N–H and O–H groups in total. The van der Waals surface area contributed by atoms with Gasteiger partial charge in [-0.05, 0) is 61.7 Å². The van der Waals surface area contributed by atoms with Crippen LogP contribution in [-0.2, 0) is 14.9 Å². The number of nitrogens with two attached hydrogens (primary N) is 1. The average Bonchev–Trinajstić information content (AvgIpc) is 3.21. The lowest BCUT2D eigenvalue weighted by molar-refractivity contribution is -0.116. The molecule has 198 valence electrons. The highest BCUT2D eigenvalue weighted by Gasteiger charge is 2.18. The highest BCUT2D eigenvalue weighted by molar-refractivity contribution is 7.87. The van der Waals surface area contributed by atoms with Crippen molar-refractivity contribution in [3.8, 4) is 5.75 Å². The van der Waals surface area contributed by atoms with Crippen LogP contribution in [0, 0.1) is 5.92 Å². The van der Waals surface area contributed by atoms with Gasteiger partial charge >= 0.3 is 10.1 Å². The number of hydrogen-bond acceptors (Lipinski definition) is 8. The fourth-order valence-corrected chi connectivity index (χ4v) is 5.22. The van der Waals surface area contributed by atoms with Crippen LogP contribution >= 0.6 is 23.7 Å². The minimum absolute atomic E-state index is 0. The van der Waals surface area contributed by atoms with Crippen molar-refractivity contribution < 1.29 is 17.4 Å². The van der Waals surface area contributed by atoms with Crippen molar-refractivity contribution in [2.45, 2.75) is 57.3 Å². The van der Waals surface area contributed by atoms with Crippen LogP contribution in [0.5, 0.6) is 5.75 Å². The van der Waals surface area contributed by atoms with Gasteiger partial charge in [-0.15, -0.1) is 12.4 Å². The average molecular weight is 555 g/mol. The molecule has 3 aromatic rings. The fraction of sp³-hybridized carbons (Fsp3) is 0.440. The molecule has 0 aliphatic rings. The van der Waals surface area contributed by atoms with E-state index in [9.17, 15) is 13.2 Å². The third kappa shape index (κ3) is 9.24. The minimum Gasteiger partial charge on any atom is -0.385 e. The molecule has 0 aliphatic heterocycles. The summed E-state index contributed by atoms with van der Waals surface area (Å²) in [6, 6.07) is 11.4. The maximum absolute atomic E-state index is 12.7. The van der Waals surface area contributed by atoms with Gasteiger partial charge < -0.3 is 20.6 Å². The molecular formula is C25H35ClN4O4S2. The summed E-state index contributed by atoms with van der Waals surface area (Å²) in [4.78, 5) is 16.7. The molecule has 0 radical (unpaired) electrons. The van der Waals surface area contributed by atoms with E-state index in [2.05, 4.69) is 29.5 Å². The van der Waals surface area contributed by atoms with E-state index >= 15 is 0 Å². The second-order valence-corrected chi connectivity index (χ2v) is 11.4. The number of aromatic nitrogens is 1. The van der Waals surface area contributed by atoms with E-state index in [0.29, 0.717) is 29.5 Å². The van der Waals surface area contributed by atoms with E-state index in [0.717, 1.165) is 49.0 Å². The Labute approximate surface area is 223 Å². The zero-order valence-corrected chi connectivity index (χ0v) is 23.1. The van der Waals surface area contributed by atoms with Crippen LogP contribution in [0.4, 0.5) is 10.8 Å². The van der Waals surface area contributed by atoms with E-state index in [1.54, 1.807) is 30.3 Å². The van der Waals surface area contributed by atoms with Crippen LogP contribution in [0.15, 0.2) is 47.4 Å². The van der Waals surface area contributed by atoms with Crippen molar-refractivity contribution in [3.63, 3.8) is 0 Å². The SMILES string of the molecule is CC(C)CNc1ccc(S(=O)(=O)Oc2ccc3nc(NC(=O)CCCCCCCN)sc3c2)cc1.Cl. The van der Waals surface area contributed by atoms with E-state index in [4.69, 9.17) is 9.92 Å². The van der Waals surface area contributed by atoms with Crippen LogP contribution in [-0.4, -0.2) is 32.4 Å². The van der Waals surface area contributed by atoms with Crippen LogP contribution < -0.4 is 20.6 Å². The maximum Gasteiger partial charge on any atom is 0.339 e. The van der Waals surface area contributed by atoms with Crippen LogP contribution in [0.3, 0.4) is 0 Å².